The third-order valence-electron chi connectivity index (χ3n) is 5.14. The second-order valence-corrected chi connectivity index (χ2v) is 9.05. The van der Waals surface area contributed by atoms with Gasteiger partial charge in [-0.1, -0.05) is 37.3 Å². The van der Waals surface area contributed by atoms with E-state index in [-0.39, 0.29) is 5.57 Å². The number of carbonyl (C=O) groups is 1. The lowest BCUT2D eigenvalue weighted by atomic mass is 10.1. The number of aromatic nitrogens is 2. The van der Waals surface area contributed by atoms with E-state index in [4.69, 9.17) is 14.2 Å². The van der Waals surface area contributed by atoms with Gasteiger partial charge in [-0.3, -0.25) is 10.1 Å². The summed E-state index contributed by atoms with van der Waals surface area (Å²) < 4.78 is 17.1. The van der Waals surface area contributed by atoms with Crippen LogP contribution in [0.3, 0.4) is 0 Å². The third kappa shape index (κ3) is 7.55. The van der Waals surface area contributed by atoms with Crippen molar-refractivity contribution < 1.29 is 19.0 Å². The van der Waals surface area contributed by atoms with Crippen LogP contribution < -0.4 is 19.5 Å². The average molecular weight is 507 g/mol. The van der Waals surface area contributed by atoms with E-state index in [1.165, 1.54) is 30.1 Å². The highest BCUT2D eigenvalue weighted by atomic mass is 32.1. The van der Waals surface area contributed by atoms with E-state index in [0.717, 1.165) is 35.6 Å². The van der Waals surface area contributed by atoms with Gasteiger partial charge in [0.1, 0.15) is 35.6 Å². The maximum atomic E-state index is 12.6. The van der Waals surface area contributed by atoms with Gasteiger partial charge in [0.2, 0.25) is 5.13 Å². The maximum Gasteiger partial charge on any atom is 0.268 e. The summed E-state index contributed by atoms with van der Waals surface area (Å²) >= 11 is 1.30. The topological polar surface area (TPSA) is 106 Å². The molecule has 0 unspecified atom stereocenters. The Bertz CT molecular complexity index is 1260. The summed E-state index contributed by atoms with van der Waals surface area (Å²) in [6.07, 6.45) is 4.17. The summed E-state index contributed by atoms with van der Waals surface area (Å²) in [6, 6.07) is 13.3. The largest absolute Gasteiger partial charge is 0.493 e. The molecule has 1 amide bonds. The van der Waals surface area contributed by atoms with Crippen molar-refractivity contribution in [2.75, 3.05) is 25.6 Å². The molecule has 2 aromatic carbocycles. The zero-order chi connectivity index (χ0) is 25.9. The molecule has 0 saturated heterocycles. The lowest BCUT2D eigenvalue weighted by molar-refractivity contribution is -0.112. The van der Waals surface area contributed by atoms with Crippen LogP contribution in [-0.2, 0) is 17.6 Å². The number of anilines is 1. The number of benzene rings is 2. The van der Waals surface area contributed by atoms with Gasteiger partial charge in [0, 0.05) is 6.42 Å². The lowest BCUT2D eigenvalue weighted by Crippen LogP contribution is -2.13. The smallest absolute Gasteiger partial charge is 0.268 e. The fraction of sp³-hybridized carbons (Fsp3) is 0.333. The molecule has 0 radical (unpaired) electrons. The van der Waals surface area contributed by atoms with E-state index < -0.39 is 5.91 Å². The molecule has 0 fully saturated rings. The second-order valence-electron chi connectivity index (χ2n) is 7.99. The van der Waals surface area contributed by atoms with Crippen LogP contribution in [0.15, 0.2) is 42.0 Å². The molecule has 0 bridgehead atoms. The van der Waals surface area contributed by atoms with Crippen LogP contribution in [0.25, 0.3) is 6.08 Å². The summed E-state index contributed by atoms with van der Waals surface area (Å²) in [7, 11) is 1.53. The minimum atomic E-state index is -0.546. The number of nitrogens with one attached hydrogen (secondary N) is 1. The molecular weight excluding hydrogens is 476 g/mol. The first-order valence-electron chi connectivity index (χ1n) is 11.7. The lowest BCUT2D eigenvalue weighted by Gasteiger charge is -2.13. The van der Waals surface area contributed by atoms with E-state index in [1.54, 1.807) is 18.2 Å². The fourth-order valence-electron chi connectivity index (χ4n) is 3.42. The van der Waals surface area contributed by atoms with Crippen molar-refractivity contribution in [1.82, 2.24) is 10.2 Å². The summed E-state index contributed by atoms with van der Waals surface area (Å²) in [5, 5.41) is 21.3. The van der Waals surface area contributed by atoms with Gasteiger partial charge in [0.15, 0.2) is 11.5 Å². The van der Waals surface area contributed by atoms with Crippen molar-refractivity contribution in [3.8, 4) is 23.3 Å². The Kier molecular flexibility index (Phi) is 9.83. The molecule has 3 aromatic rings. The van der Waals surface area contributed by atoms with Crippen LogP contribution in [0.5, 0.6) is 17.2 Å². The summed E-state index contributed by atoms with van der Waals surface area (Å²) in [4.78, 5) is 12.6. The number of hydrogen-bond donors (Lipinski definition) is 1. The van der Waals surface area contributed by atoms with Gasteiger partial charge in [-0.2, -0.15) is 5.26 Å². The van der Waals surface area contributed by atoms with Gasteiger partial charge >= 0.3 is 0 Å². The molecule has 9 heteroatoms. The third-order valence-corrected chi connectivity index (χ3v) is 6.04. The van der Waals surface area contributed by atoms with Crippen molar-refractivity contribution in [1.29, 1.82) is 5.26 Å². The van der Waals surface area contributed by atoms with Crippen LogP contribution >= 0.6 is 11.3 Å². The quantitative estimate of drug-likeness (QED) is 0.200. The van der Waals surface area contributed by atoms with Gasteiger partial charge < -0.3 is 14.2 Å². The number of aryl methyl sites for hydroxylation is 3. The first-order chi connectivity index (χ1) is 17.4. The van der Waals surface area contributed by atoms with Gasteiger partial charge in [-0.05, 0) is 66.8 Å². The number of ether oxygens (including phenoxy) is 3. The Morgan fingerprint density at radius 3 is 2.64 bits per heavy atom. The highest BCUT2D eigenvalue weighted by Gasteiger charge is 2.14. The minimum Gasteiger partial charge on any atom is -0.493 e. The molecular formula is C27H30N4O4S. The Hall–Kier alpha value is -3.90. The zero-order valence-electron chi connectivity index (χ0n) is 21.0. The van der Waals surface area contributed by atoms with Crippen LogP contribution in [-0.4, -0.2) is 36.4 Å². The Morgan fingerprint density at radius 1 is 1.11 bits per heavy atom. The van der Waals surface area contributed by atoms with Crippen molar-refractivity contribution in [3.63, 3.8) is 0 Å². The van der Waals surface area contributed by atoms with Gasteiger partial charge in [0.25, 0.3) is 5.91 Å². The van der Waals surface area contributed by atoms with E-state index in [9.17, 15) is 10.1 Å². The predicted octanol–water partition coefficient (Wildman–Crippen LogP) is 5.37. The molecule has 0 saturated carbocycles. The van der Waals surface area contributed by atoms with Gasteiger partial charge in [0.05, 0.1) is 7.11 Å². The fourth-order valence-corrected chi connectivity index (χ4v) is 4.25. The number of methoxy groups -OCH3 is 1. The molecule has 8 nitrogen and oxygen atoms in total. The van der Waals surface area contributed by atoms with E-state index in [2.05, 4.69) is 28.5 Å². The molecule has 188 valence electrons. The van der Waals surface area contributed by atoms with Gasteiger partial charge in [-0.25, -0.2) is 0 Å². The SMILES string of the molecule is CCCc1nnc(NC(=O)/C(C#N)=C\c2ccc(OCCOc3cc(C)cc(CC)c3)c(OC)c2)s1. The number of nitriles is 1. The first-order valence-corrected chi connectivity index (χ1v) is 12.6. The molecule has 1 N–H and O–H groups in total. The standard InChI is InChI=1S/C27H30N4O4S/c1-5-7-25-30-31-27(36-25)29-26(32)21(17-28)14-20-8-9-23(24(16-20)33-4)35-11-10-34-22-13-18(3)12-19(6-2)15-22/h8-9,12-16H,5-7,10-11H2,1-4H3,(H,29,31,32)/b21-14-. The summed E-state index contributed by atoms with van der Waals surface area (Å²) in [6.45, 7) is 6.91. The number of carbonyl (C=O) groups excluding carboxylic acids is 1. The molecule has 1 aromatic heterocycles. The van der Waals surface area contributed by atoms with E-state index in [1.807, 2.05) is 32.0 Å². The number of rotatable bonds is 12. The van der Waals surface area contributed by atoms with Crippen molar-refractivity contribution >= 4 is 28.5 Å². The summed E-state index contributed by atoms with van der Waals surface area (Å²) in [5.41, 5.74) is 2.95. The average Bonchev–Trinajstić information content (AvgIpc) is 3.31. The molecule has 0 aliphatic carbocycles. The highest BCUT2D eigenvalue weighted by molar-refractivity contribution is 7.15. The van der Waals surface area contributed by atoms with Crippen LogP contribution in [0.2, 0.25) is 0 Å². The molecule has 1 heterocycles. The van der Waals surface area contributed by atoms with E-state index >= 15 is 0 Å². The number of nitrogens with zero attached hydrogens (tertiary/aromatic N) is 3. The van der Waals surface area contributed by atoms with Crippen molar-refractivity contribution in [2.24, 2.45) is 0 Å². The predicted molar refractivity (Wildman–Crippen MR) is 141 cm³/mol. The summed E-state index contributed by atoms with van der Waals surface area (Å²) in [5.74, 6) is 1.30. The molecule has 36 heavy (non-hydrogen) atoms. The second kappa shape index (κ2) is 13.3. The normalized spacial score (nSPS) is 11.0. The molecule has 0 aliphatic rings. The van der Waals surface area contributed by atoms with Crippen LogP contribution in [0.4, 0.5) is 5.13 Å². The Labute approximate surface area is 215 Å². The number of hydrogen-bond acceptors (Lipinski definition) is 8. The Morgan fingerprint density at radius 2 is 1.92 bits per heavy atom. The molecule has 3 rings (SSSR count). The maximum absolute atomic E-state index is 12.6. The van der Waals surface area contributed by atoms with Crippen molar-refractivity contribution in [2.45, 2.75) is 40.0 Å². The number of amides is 1. The highest BCUT2D eigenvalue weighted by Crippen LogP contribution is 2.29. The minimum absolute atomic E-state index is 0.0593. The molecule has 0 aliphatic heterocycles. The van der Waals surface area contributed by atoms with Crippen LogP contribution in [0, 0.1) is 18.3 Å². The van der Waals surface area contributed by atoms with Crippen LogP contribution in [0.1, 0.15) is 42.0 Å². The zero-order valence-corrected chi connectivity index (χ0v) is 21.8. The molecule has 0 atom stereocenters. The Balaban J connectivity index is 1.61. The monoisotopic (exact) mass is 506 g/mol. The first kappa shape index (κ1) is 26.7. The van der Waals surface area contributed by atoms with E-state index in [0.29, 0.717) is 35.4 Å². The van der Waals surface area contributed by atoms with Crippen molar-refractivity contribution in [3.05, 3.63) is 63.7 Å². The molecule has 0 spiro atoms. The van der Waals surface area contributed by atoms with Gasteiger partial charge in [-0.15, -0.1) is 10.2 Å².